The molecule has 1 aliphatic rings. The quantitative estimate of drug-likeness (QED) is 0.795. The maximum Gasteiger partial charge on any atom is 0.225 e. The molecule has 22 heavy (non-hydrogen) atoms. The Morgan fingerprint density at radius 3 is 2.68 bits per heavy atom. The fraction of sp³-hybridized carbons (Fsp3) is 0.562. The number of nitrogens with two attached hydrogens (primary N) is 1. The fourth-order valence-corrected chi connectivity index (χ4v) is 2.66. The number of methoxy groups -OCH3 is 1. The standard InChI is InChI=1S/C16H25N3O3/c1-22-15(11-17)10-16(21)19-7-5-18(6-8-19)12-13-3-2-4-14(20)9-13/h2-4,9,15,20H,5-8,10-12,17H2,1H3. The number of benzene rings is 1. The van der Waals surface area contributed by atoms with Crippen molar-refractivity contribution in [2.24, 2.45) is 5.73 Å². The molecule has 1 aliphatic heterocycles. The highest BCUT2D eigenvalue weighted by Crippen LogP contribution is 2.14. The number of rotatable bonds is 6. The number of hydrogen-bond acceptors (Lipinski definition) is 5. The van der Waals surface area contributed by atoms with Crippen molar-refractivity contribution >= 4 is 5.91 Å². The van der Waals surface area contributed by atoms with Gasteiger partial charge in [0.1, 0.15) is 5.75 Å². The first kappa shape index (κ1) is 16.7. The van der Waals surface area contributed by atoms with Crippen LogP contribution in [0.5, 0.6) is 5.75 Å². The number of nitrogens with zero attached hydrogens (tertiary/aromatic N) is 2. The van der Waals surface area contributed by atoms with Crippen LogP contribution in [0.1, 0.15) is 12.0 Å². The van der Waals surface area contributed by atoms with Gasteiger partial charge in [0.15, 0.2) is 0 Å². The van der Waals surface area contributed by atoms with Crippen LogP contribution in [0, 0.1) is 0 Å². The van der Waals surface area contributed by atoms with Crippen molar-refractivity contribution < 1.29 is 14.6 Å². The molecule has 0 aliphatic carbocycles. The number of aromatic hydroxyl groups is 1. The Morgan fingerprint density at radius 1 is 1.36 bits per heavy atom. The van der Waals surface area contributed by atoms with Gasteiger partial charge in [-0.1, -0.05) is 12.1 Å². The molecule has 0 radical (unpaired) electrons. The van der Waals surface area contributed by atoms with Crippen molar-refractivity contribution in [3.63, 3.8) is 0 Å². The Balaban J connectivity index is 1.79. The van der Waals surface area contributed by atoms with Gasteiger partial charge in [0.25, 0.3) is 0 Å². The topological polar surface area (TPSA) is 79.0 Å². The highest BCUT2D eigenvalue weighted by molar-refractivity contribution is 5.76. The van der Waals surface area contributed by atoms with Crippen LogP contribution in [0.2, 0.25) is 0 Å². The minimum Gasteiger partial charge on any atom is -0.508 e. The van der Waals surface area contributed by atoms with Crippen LogP contribution in [-0.4, -0.2) is 66.8 Å². The third-order valence-corrected chi connectivity index (χ3v) is 4.04. The first-order valence-electron chi connectivity index (χ1n) is 7.63. The van der Waals surface area contributed by atoms with Crippen molar-refractivity contribution in [1.29, 1.82) is 0 Å². The molecular weight excluding hydrogens is 282 g/mol. The summed E-state index contributed by atoms with van der Waals surface area (Å²) < 4.78 is 5.17. The second-order valence-electron chi connectivity index (χ2n) is 5.62. The molecule has 0 aromatic heterocycles. The van der Waals surface area contributed by atoms with Gasteiger partial charge < -0.3 is 20.5 Å². The molecule has 1 fully saturated rings. The van der Waals surface area contributed by atoms with Crippen molar-refractivity contribution in [2.45, 2.75) is 19.1 Å². The Labute approximate surface area is 131 Å². The van der Waals surface area contributed by atoms with Gasteiger partial charge in [0, 0.05) is 46.4 Å². The van der Waals surface area contributed by atoms with Crippen molar-refractivity contribution in [3.8, 4) is 5.75 Å². The number of amides is 1. The molecule has 122 valence electrons. The summed E-state index contributed by atoms with van der Waals surface area (Å²) in [6.07, 6.45) is 0.150. The van der Waals surface area contributed by atoms with Crippen LogP contribution in [0.25, 0.3) is 0 Å². The smallest absolute Gasteiger partial charge is 0.225 e. The number of phenolic OH excluding ortho intramolecular Hbond substituents is 1. The second kappa shape index (κ2) is 8.12. The predicted octanol–water partition coefficient (Wildman–Crippen LogP) is 0.400. The average molecular weight is 307 g/mol. The molecule has 6 heteroatoms. The molecule has 2 rings (SSSR count). The van der Waals surface area contributed by atoms with Crippen LogP contribution < -0.4 is 5.73 Å². The summed E-state index contributed by atoms with van der Waals surface area (Å²) in [5, 5.41) is 9.49. The summed E-state index contributed by atoms with van der Waals surface area (Å²) in [6, 6.07) is 7.30. The summed E-state index contributed by atoms with van der Waals surface area (Å²) in [4.78, 5) is 16.3. The molecule has 6 nitrogen and oxygen atoms in total. The minimum atomic E-state index is -0.196. The Bertz CT molecular complexity index is 483. The van der Waals surface area contributed by atoms with E-state index in [1.807, 2.05) is 17.0 Å². The summed E-state index contributed by atoms with van der Waals surface area (Å²) in [7, 11) is 1.58. The van der Waals surface area contributed by atoms with E-state index in [1.165, 1.54) is 0 Å². The first-order valence-corrected chi connectivity index (χ1v) is 7.63. The number of carbonyl (C=O) groups is 1. The zero-order valence-corrected chi connectivity index (χ0v) is 13.1. The Morgan fingerprint density at radius 2 is 2.09 bits per heavy atom. The van der Waals surface area contributed by atoms with Gasteiger partial charge in [-0.3, -0.25) is 9.69 Å². The van der Waals surface area contributed by atoms with Crippen LogP contribution in [-0.2, 0) is 16.1 Å². The minimum absolute atomic E-state index is 0.106. The van der Waals surface area contributed by atoms with Gasteiger partial charge in [-0.05, 0) is 17.7 Å². The van der Waals surface area contributed by atoms with Gasteiger partial charge in [-0.25, -0.2) is 0 Å². The largest absolute Gasteiger partial charge is 0.508 e. The third-order valence-electron chi connectivity index (χ3n) is 4.04. The fourth-order valence-electron chi connectivity index (χ4n) is 2.66. The van der Waals surface area contributed by atoms with E-state index in [0.29, 0.717) is 18.7 Å². The maximum atomic E-state index is 12.2. The lowest BCUT2D eigenvalue weighted by atomic mass is 10.1. The average Bonchev–Trinajstić information content (AvgIpc) is 2.53. The van der Waals surface area contributed by atoms with E-state index in [-0.39, 0.29) is 12.0 Å². The van der Waals surface area contributed by atoms with E-state index in [9.17, 15) is 9.90 Å². The molecule has 1 heterocycles. The summed E-state index contributed by atoms with van der Waals surface area (Å²) in [5.41, 5.74) is 6.64. The molecule has 1 saturated heterocycles. The first-order chi connectivity index (χ1) is 10.6. The highest BCUT2D eigenvalue weighted by Gasteiger charge is 2.23. The number of piperazine rings is 1. The molecule has 3 N–H and O–H groups in total. The van der Waals surface area contributed by atoms with Gasteiger partial charge in [0.05, 0.1) is 12.5 Å². The third kappa shape index (κ3) is 4.69. The van der Waals surface area contributed by atoms with Crippen molar-refractivity contribution in [3.05, 3.63) is 29.8 Å². The molecular formula is C16H25N3O3. The molecule has 1 atom stereocenters. The lowest BCUT2D eigenvalue weighted by Gasteiger charge is -2.35. The Kier molecular flexibility index (Phi) is 6.18. The van der Waals surface area contributed by atoms with E-state index in [2.05, 4.69) is 4.90 Å². The summed E-state index contributed by atoms with van der Waals surface area (Å²) >= 11 is 0. The van der Waals surface area contributed by atoms with Gasteiger partial charge in [-0.2, -0.15) is 0 Å². The van der Waals surface area contributed by atoms with Gasteiger partial charge >= 0.3 is 0 Å². The normalized spacial score (nSPS) is 17.5. The molecule has 0 spiro atoms. The maximum absolute atomic E-state index is 12.2. The second-order valence-corrected chi connectivity index (χ2v) is 5.62. The van der Waals surface area contributed by atoms with Crippen LogP contribution in [0.3, 0.4) is 0 Å². The van der Waals surface area contributed by atoms with Crippen molar-refractivity contribution in [2.75, 3.05) is 39.8 Å². The number of phenols is 1. The number of hydrogen-bond donors (Lipinski definition) is 2. The zero-order chi connectivity index (χ0) is 15.9. The van der Waals surface area contributed by atoms with E-state index in [4.69, 9.17) is 10.5 Å². The SMILES string of the molecule is COC(CN)CC(=O)N1CCN(Cc2cccc(O)c2)CC1. The summed E-state index contributed by atoms with van der Waals surface area (Å²) in [5.74, 6) is 0.396. The Hall–Kier alpha value is -1.63. The zero-order valence-electron chi connectivity index (χ0n) is 13.1. The lowest BCUT2D eigenvalue weighted by molar-refractivity contribution is -0.135. The van der Waals surface area contributed by atoms with E-state index >= 15 is 0 Å². The number of carbonyl (C=O) groups excluding carboxylic acids is 1. The van der Waals surface area contributed by atoms with E-state index < -0.39 is 0 Å². The molecule has 0 bridgehead atoms. The van der Waals surface area contributed by atoms with Crippen LogP contribution >= 0.6 is 0 Å². The van der Waals surface area contributed by atoms with Gasteiger partial charge in [-0.15, -0.1) is 0 Å². The van der Waals surface area contributed by atoms with Crippen molar-refractivity contribution in [1.82, 2.24) is 9.80 Å². The van der Waals surface area contributed by atoms with E-state index in [1.54, 1.807) is 19.2 Å². The van der Waals surface area contributed by atoms with Crippen LogP contribution in [0.15, 0.2) is 24.3 Å². The van der Waals surface area contributed by atoms with Gasteiger partial charge in [0.2, 0.25) is 5.91 Å². The number of ether oxygens (including phenoxy) is 1. The lowest BCUT2D eigenvalue weighted by Crippen LogP contribution is -2.49. The van der Waals surface area contributed by atoms with E-state index in [0.717, 1.165) is 38.3 Å². The molecule has 0 saturated carbocycles. The molecule has 1 aromatic rings. The van der Waals surface area contributed by atoms with Crippen LogP contribution in [0.4, 0.5) is 0 Å². The monoisotopic (exact) mass is 307 g/mol. The summed E-state index contributed by atoms with van der Waals surface area (Å²) in [6.45, 7) is 4.26. The molecule has 1 amide bonds. The highest BCUT2D eigenvalue weighted by atomic mass is 16.5. The molecule has 1 aromatic carbocycles. The predicted molar refractivity (Wildman–Crippen MR) is 84.4 cm³/mol. The molecule has 1 unspecified atom stereocenters.